The van der Waals surface area contributed by atoms with Gasteiger partial charge in [0, 0.05) is 5.92 Å². The lowest BCUT2D eigenvalue weighted by atomic mass is 9.81. The summed E-state index contributed by atoms with van der Waals surface area (Å²) in [5.74, 6) is 0.308. The molecule has 0 unspecified atom stereocenters. The van der Waals surface area contributed by atoms with Gasteiger partial charge in [-0.15, -0.1) is 0 Å². The van der Waals surface area contributed by atoms with Crippen LogP contribution in [0.15, 0.2) is 30.3 Å². The van der Waals surface area contributed by atoms with E-state index < -0.39 is 6.09 Å². The highest BCUT2D eigenvalue weighted by molar-refractivity contribution is 5.65. The Kier molecular flexibility index (Phi) is 3.44. The topological polar surface area (TPSA) is 52.3 Å². The van der Waals surface area contributed by atoms with Gasteiger partial charge in [0.05, 0.1) is 0 Å². The van der Waals surface area contributed by atoms with Gasteiger partial charge in [-0.1, -0.05) is 36.8 Å². The summed E-state index contributed by atoms with van der Waals surface area (Å²) in [6.45, 7) is 0. The van der Waals surface area contributed by atoms with Crippen LogP contribution < -0.4 is 5.73 Å². The molecular formula is C13H17NO2. The maximum Gasteiger partial charge on any atom is 0.404 e. The number of nitrogens with two attached hydrogens (primary N) is 1. The fraction of sp³-hybridized carbons (Fsp3) is 0.462. The van der Waals surface area contributed by atoms with Crippen LogP contribution in [0.4, 0.5) is 4.79 Å². The highest BCUT2D eigenvalue weighted by Crippen LogP contribution is 2.34. The van der Waals surface area contributed by atoms with Crippen LogP contribution in [-0.4, -0.2) is 12.2 Å². The van der Waals surface area contributed by atoms with Crippen molar-refractivity contribution in [2.24, 2.45) is 5.73 Å². The molecule has 3 nitrogen and oxygen atoms in total. The van der Waals surface area contributed by atoms with Crippen LogP contribution in [-0.2, 0) is 4.74 Å². The third kappa shape index (κ3) is 2.54. The average molecular weight is 219 g/mol. The van der Waals surface area contributed by atoms with Crippen molar-refractivity contribution in [3.8, 4) is 0 Å². The Balaban J connectivity index is 2.13. The van der Waals surface area contributed by atoms with Crippen molar-refractivity contribution in [3.05, 3.63) is 35.9 Å². The maximum atomic E-state index is 10.8. The quantitative estimate of drug-likeness (QED) is 0.831. The number of carbonyl (C=O) groups excluding carboxylic acids is 1. The zero-order chi connectivity index (χ0) is 11.4. The van der Waals surface area contributed by atoms with Gasteiger partial charge in [-0.3, -0.25) is 0 Å². The summed E-state index contributed by atoms with van der Waals surface area (Å²) in [6, 6.07) is 10.2. The molecule has 2 atom stereocenters. The van der Waals surface area contributed by atoms with Gasteiger partial charge in [-0.2, -0.15) is 0 Å². The first-order valence-corrected chi connectivity index (χ1v) is 5.78. The average Bonchev–Trinajstić information content (AvgIpc) is 2.30. The Morgan fingerprint density at radius 3 is 2.56 bits per heavy atom. The molecule has 1 amide bonds. The molecule has 16 heavy (non-hydrogen) atoms. The first-order valence-electron chi connectivity index (χ1n) is 5.78. The molecule has 0 aromatic heterocycles. The lowest BCUT2D eigenvalue weighted by molar-refractivity contribution is 0.0678. The molecule has 3 heteroatoms. The molecule has 0 radical (unpaired) electrons. The molecule has 0 aliphatic heterocycles. The van der Waals surface area contributed by atoms with E-state index in [1.807, 2.05) is 18.2 Å². The van der Waals surface area contributed by atoms with Crippen molar-refractivity contribution in [1.29, 1.82) is 0 Å². The van der Waals surface area contributed by atoms with Crippen molar-refractivity contribution in [3.63, 3.8) is 0 Å². The summed E-state index contributed by atoms with van der Waals surface area (Å²) in [5, 5.41) is 0. The van der Waals surface area contributed by atoms with Gasteiger partial charge >= 0.3 is 6.09 Å². The van der Waals surface area contributed by atoms with Gasteiger partial charge in [0.2, 0.25) is 0 Å². The van der Waals surface area contributed by atoms with E-state index in [2.05, 4.69) is 12.1 Å². The van der Waals surface area contributed by atoms with Gasteiger partial charge in [-0.05, 0) is 24.8 Å². The standard InChI is InChI=1S/C13H17NO2/c14-13(15)16-12-9-5-4-8-11(12)10-6-2-1-3-7-10/h1-3,6-7,11-12H,4-5,8-9H2,(H2,14,15)/t11-,12+/m0/s1. The van der Waals surface area contributed by atoms with Crippen LogP contribution in [0.5, 0.6) is 0 Å². The van der Waals surface area contributed by atoms with Gasteiger partial charge in [0.1, 0.15) is 6.10 Å². The van der Waals surface area contributed by atoms with Crippen LogP contribution in [0, 0.1) is 0 Å². The molecule has 1 aromatic carbocycles. The zero-order valence-electron chi connectivity index (χ0n) is 9.26. The smallest absolute Gasteiger partial charge is 0.404 e. The van der Waals surface area contributed by atoms with E-state index in [9.17, 15) is 4.79 Å². The number of benzene rings is 1. The molecule has 0 bridgehead atoms. The molecule has 0 saturated heterocycles. The number of ether oxygens (including phenoxy) is 1. The molecule has 1 aliphatic rings. The Bertz CT molecular complexity index is 350. The third-order valence-corrected chi connectivity index (χ3v) is 3.20. The summed E-state index contributed by atoms with van der Waals surface area (Å²) in [5.41, 5.74) is 6.35. The number of hydrogen-bond acceptors (Lipinski definition) is 2. The molecule has 0 spiro atoms. The van der Waals surface area contributed by atoms with Gasteiger partial charge < -0.3 is 10.5 Å². The number of hydrogen-bond donors (Lipinski definition) is 1. The highest BCUT2D eigenvalue weighted by atomic mass is 16.6. The van der Waals surface area contributed by atoms with Crippen molar-refractivity contribution in [1.82, 2.24) is 0 Å². The van der Waals surface area contributed by atoms with E-state index in [1.54, 1.807) is 0 Å². The van der Waals surface area contributed by atoms with Crippen molar-refractivity contribution in [2.45, 2.75) is 37.7 Å². The monoisotopic (exact) mass is 219 g/mol. The van der Waals surface area contributed by atoms with Gasteiger partial charge in [0.15, 0.2) is 0 Å². The first-order chi connectivity index (χ1) is 7.77. The molecule has 1 saturated carbocycles. The third-order valence-electron chi connectivity index (χ3n) is 3.20. The number of amides is 1. The molecule has 86 valence electrons. The van der Waals surface area contributed by atoms with Gasteiger partial charge in [0.25, 0.3) is 0 Å². The fourth-order valence-corrected chi connectivity index (χ4v) is 2.47. The molecule has 2 rings (SSSR count). The summed E-state index contributed by atoms with van der Waals surface area (Å²) in [6.07, 6.45) is 3.59. The second kappa shape index (κ2) is 5.01. The van der Waals surface area contributed by atoms with Crippen molar-refractivity contribution >= 4 is 6.09 Å². The van der Waals surface area contributed by atoms with E-state index in [1.165, 1.54) is 12.0 Å². The van der Waals surface area contributed by atoms with Crippen LogP contribution in [0.2, 0.25) is 0 Å². The van der Waals surface area contributed by atoms with E-state index in [0.29, 0.717) is 5.92 Å². The van der Waals surface area contributed by atoms with E-state index in [0.717, 1.165) is 19.3 Å². The predicted octanol–water partition coefficient (Wildman–Crippen LogP) is 2.81. The minimum atomic E-state index is -0.659. The summed E-state index contributed by atoms with van der Waals surface area (Å²) in [7, 11) is 0. The summed E-state index contributed by atoms with van der Waals surface area (Å²) >= 11 is 0. The SMILES string of the molecule is NC(=O)O[C@@H]1CCCC[C@H]1c1ccccc1. The highest BCUT2D eigenvalue weighted by Gasteiger charge is 2.28. The lowest BCUT2D eigenvalue weighted by Gasteiger charge is -2.30. The zero-order valence-corrected chi connectivity index (χ0v) is 9.26. The molecule has 1 aliphatic carbocycles. The molecule has 1 fully saturated rings. The van der Waals surface area contributed by atoms with Crippen LogP contribution in [0.3, 0.4) is 0 Å². The van der Waals surface area contributed by atoms with Crippen LogP contribution in [0.25, 0.3) is 0 Å². The number of primary amides is 1. The van der Waals surface area contributed by atoms with Gasteiger partial charge in [-0.25, -0.2) is 4.79 Å². The Labute approximate surface area is 95.6 Å². The second-order valence-electron chi connectivity index (χ2n) is 4.28. The Morgan fingerprint density at radius 1 is 1.19 bits per heavy atom. The van der Waals surface area contributed by atoms with Crippen LogP contribution in [0.1, 0.15) is 37.2 Å². The van der Waals surface area contributed by atoms with Crippen LogP contribution >= 0.6 is 0 Å². The summed E-state index contributed by atoms with van der Waals surface area (Å²) < 4.78 is 5.20. The number of carbonyl (C=O) groups is 1. The molecule has 1 aromatic rings. The maximum absolute atomic E-state index is 10.8. The molecule has 2 N–H and O–H groups in total. The predicted molar refractivity (Wildman–Crippen MR) is 62.1 cm³/mol. The van der Waals surface area contributed by atoms with Crippen molar-refractivity contribution < 1.29 is 9.53 Å². The second-order valence-corrected chi connectivity index (χ2v) is 4.28. The largest absolute Gasteiger partial charge is 0.446 e. The number of rotatable bonds is 2. The van der Waals surface area contributed by atoms with Crippen molar-refractivity contribution in [2.75, 3.05) is 0 Å². The summed E-state index contributed by atoms with van der Waals surface area (Å²) in [4.78, 5) is 10.8. The van der Waals surface area contributed by atoms with E-state index in [-0.39, 0.29) is 6.10 Å². The normalized spacial score (nSPS) is 25.0. The Hall–Kier alpha value is -1.51. The minimum Gasteiger partial charge on any atom is -0.446 e. The Morgan fingerprint density at radius 2 is 1.88 bits per heavy atom. The lowest BCUT2D eigenvalue weighted by Crippen LogP contribution is -2.30. The molecule has 0 heterocycles. The fourth-order valence-electron chi connectivity index (χ4n) is 2.47. The van der Waals surface area contributed by atoms with E-state index in [4.69, 9.17) is 10.5 Å². The minimum absolute atomic E-state index is 0.0475. The first kappa shape index (κ1) is 11.0. The van der Waals surface area contributed by atoms with E-state index >= 15 is 0 Å². The molecular weight excluding hydrogens is 202 g/mol.